The van der Waals surface area contributed by atoms with Crippen molar-refractivity contribution in [2.24, 2.45) is 0 Å². The Kier molecular flexibility index (Phi) is 4.74. The van der Waals surface area contributed by atoms with Gasteiger partial charge in [0.1, 0.15) is 0 Å². The molecule has 0 aliphatic carbocycles. The average Bonchev–Trinajstić information content (AvgIpc) is 3.16. The molecular weight excluding hydrogens is 342 g/mol. The first-order valence-corrected chi connectivity index (χ1v) is 10.5. The van der Waals surface area contributed by atoms with Crippen molar-refractivity contribution >= 4 is 20.2 Å². The summed E-state index contributed by atoms with van der Waals surface area (Å²) >= 11 is 0. The molecule has 0 spiro atoms. The Hall–Kier alpha value is -1.01. The van der Waals surface area contributed by atoms with Crippen molar-refractivity contribution in [1.82, 2.24) is 22.9 Å². The summed E-state index contributed by atoms with van der Waals surface area (Å²) in [5.41, 5.74) is 0. The van der Waals surface area contributed by atoms with E-state index < -0.39 is 20.2 Å². The first-order valence-electron chi connectivity index (χ1n) is 7.66. The van der Waals surface area contributed by atoms with Crippen LogP contribution in [0.4, 0.5) is 0 Å². The first-order chi connectivity index (χ1) is 10.9. The van der Waals surface area contributed by atoms with Crippen molar-refractivity contribution < 1.29 is 16.8 Å². The van der Waals surface area contributed by atoms with Crippen molar-refractivity contribution in [2.75, 3.05) is 39.3 Å². The third-order valence-electron chi connectivity index (χ3n) is 4.22. The summed E-state index contributed by atoms with van der Waals surface area (Å²) in [5, 5.41) is 0.0355. The van der Waals surface area contributed by atoms with E-state index in [2.05, 4.69) is 9.97 Å². The molecule has 0 bridgehead atoms. The number of H-pyrrole nitrogens is 1. The van der Waals surface area contributed by atoms with Crippen LogP contribution < -0.4 is 0 Å². The van der Waals surface area contributed by atoms with Crippen molar-refractivity contribution in [3.63, 3.8) is 0 Å². The molecule has 3 rings (SSSR count). The maximum Gasteiger partial charge on any atom is 0.282 e. The maximum atomic E-state index is 12.6. The van der Waals surface area contributed by atoms with Crippen LogP contribution in [0.1, 0.15) is 19.3 Å². The van der Waals surface area contributed by atoms with Crippen molar-refractivity contribution in [2.45, 2.75) is 24.3 Å². The zero-order valence-electron chi connectivity index (χ0n) is 12.8. The quantitative estimate of drug-likeness (QED) is 0.772. The fraction of sp³-hybridized carbons (Fsp3) is 0.750. The number of nitrogens with zero attached hydrogens (tertiary/aromatic N) is 4. The zero-order chi connectivity index (χ0) is 16.5. The van der Waals surface area contributed by atoms with Crippen molar-refractivity contribution in [3.05, 3.63) is 12.5 Å². The predicted molar refractivity (Wildman–Crippen MR) is 83.3 cm³/mol. The molecule has 130 valence electrons. The van der Waals surface area contributed by atoms with Crippen LogP contribution in [-0.4, -0.2) is 79.0 Å². The molecule has 23 heavy (non-hydrogen) atoms. The van der Waals surface area contributed by atoms with Crippen LogP contribution in [0, 0.1) is 0 Å². The van der Waals surface area contributed by atoms with Gasteiger partial charge in [-0.15, -0.1) is 0 Å². The molecular formula is C12H21N5O4S2. The minimum Gasteiger partial charge on any atom is -0.335 e. The molecule has 2 saturated heterocycles. The van der Waals surface area contributed by atoms with Gasteiger partial charge >= 0.3 is 0 Å². The topological polar surface area (TPSA) is 107 Å². The van der Waals surface area contributed by atoms with Gasteiger partial charge < -0.3 is 4.98 Å². The standard InChI is InChI=1S/C12H21N5O4S2/c18-22(19,12-10-13-11-14-12)15-6-3-7-17(9-8-15)23(20,21)16-4-1-2-5-16/h10-11H,1-9H2,(H,13,14). The Balaban J connectivity index is 1.72. The average molecular weight is 363 g/mol. The van der Waals surface area contributed by atoms with E-state index in [4.69, 9.17) is 0 Å². The van der Waals surface area contributed by atoms with Gasteiger partial charge in [-0.2, -0.15) is 21.3 Å². The van der Waals surface area contributed by atoms with E-state index in [1.165, 1.54) is 25.4 Å². The number of aromatic nitrogens is 2. The molecule has 2 aliphatic heterocycles. The molecule has 1 aromatic rings. The van der Waals surface area contributed by atoms with E-state index in [0.717, 1.165) is 12.8 Å². The fourth-order valence-electron chi connectivity index (χ4n) is 2.95. The molecule has 0 amide bonds. The summed E-state index contributed by atoms with van der Waals surface area (Å²) in [6.45, 7) is 2.06. The normalized spacial score (nSPS) is 23.1. The molecule has 1 aromatic heterocycles. The van der Waals surface area contributed by atoms with Gasteiger partial charge in [-0.25, -0.2) is 13.4 Å². The minimum absolute atomic E-state index is 0.0355. The second kappa shape index (κ2) is 6.48. The van der Waals surface area contributed by atoms with Crippen LogP contribution in [0.3, 0.4) is 0 Å². The summed E-state index contributed by atoms with van der Waals surface area (Å²) < 4.78 is 54.4. The lowest BCUT2D eigenvalue weighted by atomic mass is 10.4. The predicted octanol–water partition coefficient (Wildman–Crippen LogP) is -0.553. The lowest BCUT2D eigenvalue weighted by Crippen LogP contribution is -2.44. The second-order valence-electron chi connectivity index (χ2n) is 5.69. The highest BCUT2D eigenvalue weighted by Crippen LogP contribution is 2.20. The SMILES string of the molecule is O=S(=O)(c1cnc[nH]1)N1CCCN(S(=O)(=O)N2CCCC2)CC1. The van der Waals surface area contributed by atoms with Crippen LogP contribution in [0.2, 0.25) is 0 Å². The molecule has 0 atom stereocenters. The van der Waals surface area contributed by atoms with Crippen LogP contribution in [0.15, 0.2) is 17.6 Å². The Labute approximate surface area is 136 Å². The number of sulfonamides is 1. The second-order valence-corrected chi connectivity index (χ2v) is 9.52. The van der Waals surface area contributed by atoms with Gasteiger partial charge in [0.15, 0.2) is 5.03 Å². The van der Waals surface area contributed by atoms with Crippen LogP contribution in [0.5, 0.6) is 0 Å². The summed E-state index contributed by atoms with van der Waals surface area (Å²) in [4.78, 5) is 6.34. The lowest BCUT2D eigenvalue weighted by Gasteiger charge is -2.26. The Bertz CT molecular complexity index is 726. The third-order valence-corrected chi connectivity index (χ3v) is 8.08. The molecule has 2 fully saturated rings. The van der Waals surface area contributed by atoms with Crippen LogP contribution >= 0.6 is 0 Å². The Morgan fingerprint density at radius 2 is 1.39 bits per heavy atom. The highest BCUT2D eigenvalue weighted by atomic mass is 32.2. The van der Waals surface area contributed by atoms with Gasteiger partial charge in [-0.05, 0) is 19.3 Å². The van der Waals surface area contributed by atoms with E-state index in [0.29, 0.717) is 32.6 Å². The Morgan fingerprint density at radius 1 is 0.826 bits per heavy atom. The molecule has 2 aliphatic rings. The third kappa shape index (κ3) is 3.29. The van der Waals surface area contributed by atoms with Crippen LogP contribution in [0.25, 0.3) is 0 Å². The molecule has 9 nitrogen and oxygen atoms in total. The smallest absolute Gasteiger partial charge is 0.282 e. The van der Waals surface area contributed by atoms with E-state index in [1.807, 2.05) is 0 Å². The minimum atomic E-state index is -3.65. The van der Waals surface area contributed by atoms with Gasteiger partial charge in [0.2, 0.25) is 0 Å². The van der Waals surface area contributed by atoms with Gasteiger partial charge in [-0.1, -0.05) is 0 Å². The number of hydrogen-bond acceptors (Lipinski definition) is 5. The summed E-state index contributed by atoms with van der Waals surface area (Å²) in [5.74, 6) is 0. The largest absolute Gasteiger partial charge is 0.335 e. The lowest BCUT2D eigenvalue weighted by molar-refractivity contribution is 0.364. The van der Waals surface area contributed by atoms with Gasteiger partial charge in [0.05, 0.1) is 12.5 Å². The highest BCUT2D eigenvalue weighted by molar-refractivity contribution is 7.89. The molecule has 1 N–H and O–H groups in total. The van der Waals surface area contributed by atoms with E-state index in [9.17, 15) is 16.8 Å². The first kappa shape index (κ1) is 16.8. The van der Waals surface area contributed by atoms with E-state index in [1.54, 1.807) is 0 Å². The van der Waals surface area contributed by atoms with Crippen LogP contribution in [-0.2, 0) is 20.2 Å². The summed E-state index contributed by atoms with van der Waals surface area (Å²) in [6, 6.07) is 0. The number of rotatable bonds is 4. The van der Waals surface area contributed by atoms with Crippen molar-refractivity contribution in [3.8, 4) is 0 Å². The number of hydrogen-bond donors (Lipinski definition) is 1. The molecule has 11 heteroatoms. The Morgan fingerprint density at radius 3 is 2.04 bits per heavy atom. The van der Waals surface area contributed by atoms with Crippen molar-refractivity contribution in [1.29, 1.82) is 0 Å². The summed E-state index contributed by atoms with van der Waals surface area (Å²) in [6.07, 6.45) is 4.81. The molecule has 0 saturated carbocycles. The van der Waals surface area contributed by atoms with Gasteiger partial charge in [0.25, 0.3) is 20.2 Å². The molecule has 0 unspecified atom stereocenters. The summed E-state index contributed by atoms with van der Waals surface area (Å²) in [7, 11) is -7.13. The maximum absolute atomic E-state index is 12.6. The molecule has 0 radical (unpaired) electrons. The van der Waals surface area contributed by atoms with Gasteiger partial charge in [-0.3, -0.25) is 0 Å². The van der Waals surface area contributed by atoms with E-state index >= 15 is 0 Å². The fourth-order valence-corrected chi connectivity index (χ4v) is 6.03. The number of imidazole rings is 1. The van der Waals surface area contributed by atoms with E-state index in [-0.39, 0.29) is 18.1 Å². The van der Waals surface area contributed by atoms with Gasteiger partial charge in [0, 0.05) is 39.3 Å². The zero-order valence-corrected chi connectivity index (χ0v) is 14.4. The highest BCUT2D eigenvalue weighted by Gasteiger charge is 2.35. The number of aromatic amines is 1. The monoisotopic (exact) mass is 363 g/mol. The molecule has 0 aromatic carbocycles. The molecule has 3 heterocycles. The number of nitrogens with one attached hydrogen (secondary N) is 1.